The number of ether oxygens (including phenoxy) is 1. The van der Waals surface area contributed by atoms with Gasteiger partial charge in [0.15, 0.2) is 0 Å². The van der Waals surface area contributed by atoms with Crippen molar-refractivity contribution in [1.82, 2.24) is 0 Å². The van der Waals surface area contributed by atoms with E-state index in [1.807, 2.05) is 11.3 Å². The SMILES string of the molecule is c1ccc(N(c2ccccc2)c2cc3c4c(c2)N(c2ccccc2)c2c(sc5ccccc25)B4c2cc4c(cc2O3)N(c2ccccc2)c2cc(N(c3ccccc3)c3ccccc3)cc3c2B4c2oc4ccccc4c2N3c2ccccc2)cc1. The van der Waals surface area contributed by atoms with Crippen LogP contribution in [0.3, 0.4) is 0 Å². The van der Waals surface area contributed by atoms with Crippen molar-refractivity contribution in [3.8, 4) is 11.5 Å². The lowest BCUT2D eigenvalue weighted by Crippen LogP contribution is -2.63. The fraction of sp³-hybridized carbons (Fsp3) is 0. The number of hydrogen-bond donors (Lipinski definition) is 0. The average Bonchev–Trinajstić information content (AvgIpc) is 1.25. The summed E-state index contributed by atoms with van der Waals surface area (Å²) in [5, 5.41) is 2.27. The van der Waals surface area contributed by atoms with E-state index >= 15 is 0 Å². The molecule has 86 heavy (non-hydrogen) atoms. The summed E-state index contributed by atoms with van der Waals surface area (Å²) in [6.07, 6.45) is 0. The highest BCUT2D eigenvalue weighted by atomic mass is 32.1. The van der Waals surface area contributed by atoms with E-state index in [-0.39, 0.29) is 13.4 Å². The second-order valence-corrected chi connectivity index (χ2v) is 23.4. The van der Waals surface area contributed by atoms with Crippen molar-refractivity contribution in [2.75, 3.05) is 24.5 Å². The molecule has 0 saturated heterocycles. The number of para-hydroxylation sites is 8. The van der Waals surface area contributed by atoms with Crippen LogP contribution >= 0.6 is 11.3 Å². The number of thiophene rings is 1. The van der Waals surface area contributed by atoms with Gasteiger partial charge in [-0.15, -0.1) is 11.3 Å². The van der Waals surface area contributed by atoms with Gasteiger partial charge in [-0.2, -0.15) is 0 Å². The Morgan fingerprint density at radius 1 is 0.326 bits per heavy atom. The lowest BCUT2D eigenvalue weighted by molar-refractivity contribution is 0.488. The number of nitrogens with zero attached hydrogens (tertiary/aromatic N) is 5. The number of anilines is 15. The molecule has 4 aliphatic heterocycles. The van der Waals surface area contributed by atoms with Crippen molar-refractivity contribution in [1.29, 1.82) is 0 Å². The van der Waals surface area contributed by atoms with Crippen molar-refractivity contribution in [3.63, 3.8) is 0 Å². The molecule has 0 fully saturated rings. The largest absolute Gasteiger partial charge is 0.468 e. The first-order valence-electron chi connectivity index (χ1n) is 29.3. The molecule has 0 amide bonds. The molecule has 0 spiro atoms. The second-order valence-electron chi connectivity index (χ2n) is 22.3. The first kappa shape index (κ1) is 48.6. The van der Waals surface area contributed by atoms with E-state index < -0.39 is 0 Å². The van der Waals surface area contributed by atoms with Gasteiger partial charge in [0.05, 0.1) is 28.4 Å². The standard InChI is InChI=1S/C76H49B2N5O2S/c1-8-26-50(27-9-1)79(51-28-10-2-11-29-51)57-44-64-71-65(45-57)82(55-36-18-6-19-37-55)73-59-40-22-24-42-67(59)85-75(73)77(71)61-48-62-68(49-63(61)81(64)54-34-16-5-17-35-54)84-69-47-58(80(52-30-12-3-13-31-52)53-32-14-4-15-33-53)46-66-72(69)78(62)76-74(60-41-23-25-43-70(60)86-76)83(66)56-38-20-7-21-39-56/h1-49H. The Balaban J connectivity index is 0.948. The van der Waals surface area contributed by atoms with E-state index in [4.69, 9.17) is 9.15 Å². The summed E-state index contributed by atoms with van der Waals surface area (Å²) in [5.74, 6) is 1.63. The summed E-state index contributed by atoms with van der Waals surface area (Å²) in [7, 11) is 0. The van der Waals surface area contributed by atoms with Crippen LogP contribution < -0.4 is 61.5 Å². The Labute approximate surface area is 502 Å². The molecule has 0 aliphatic carbocycles. The van der Waals surface area contributed by atoms with Crippen LogP contribution in [0, 0.1) is 0 Å². The molecule has 0 radical (unpaired) electrons. The quantitative estimate of drug-likeness (QED) is 0.133. The Hall–Kier alpha value is -10.9. The van der Waals surface area contributed by atoms with E-state index in [9.17, 15) is 0 Å². The average molecular weight is 1120 g/mol. The fourth-order valence-electron chi connectivity index (χ4n) is 14.1. The second kappa shape index (κ2) is 19.3. The highest BCUT2D eigenvalue weighted by molar-refractivity contribution is 7.33. The van der Waals surface area contributed by atoms with Crippen LogP contribution in [-0.2, 0) is 0 Å². The Morgan fingerprint density at radius 3 is 1.33 bits per heavy atom. The number of hydrogen-bond acceptors (Lipinski definition) is 8. The molecule has 10 heteroatoms. The van der Waals surface area contributed by atoms with E-state index in [1.54, 1.807) is 0 Å². The van der Waals surface area contributed by atoms with Crippen LogP contribution in [-0.4, -0.2) is 13.4 Å². The molecule has 0 saturated carbocycles. The number of furan rings is 1. The molecule has 18 rings (SSSR count). The molecular weight excluding hydrogens is 1070 g/mol. The van der Waals surface area contributed by atoms with Crippen LogP contribution in [0.1, 0.15) is 0 Å². The number of rotatable bonds is 9. The predicted molar refractivity (Wildman–Crippen MR) is 361 cm³/mol. The van der Waals surface area contributed by atoms with Gasteiger partial charge in [0, 0.05) is 94.9 Å². The Bertz CT molecular complexity index is 4880. The van der Waals surface area contributed by atoms with Crippen molar-refractivity contribution < 1.29 is 9.15 Å². The van der Waals surface area contributed by atoms with Crippen LogP contribution in [0.25, 0.3) is 21.1 Å². The smallest absolute Gasteiger partial charge is 0.297 e. The summed E-state index contributed by atoms with van der Waals surface area (Å²) >= 11 is 1.89. The third-order valence-electron chi connectivity index (χ3n) is 17.5. The van der Waals surface area contributed by atoms with Crippen molar-refractivity contribution >= 4 is 163 Å². The molecular formula is C76H49B2N5O2S. The maximum Gasteiger partial charge on any atom is 0.297 e. The van der Waals surface area contributed by atoms with Crippen LogP contribution in [0.4, 0.5) is 85.3 Å². The number of benzene rings is 12. The first-order chi connectivity index (χ1) is 42.7. The minimum absolute atomic E-state index is 0.198. The van der Waals surface area contributed by atoms with Gasteiger partial charge < -0.3 is 33.7 Å². The van der Waals surface area contributed by atoms with Crippen LogP contribution in [0.15, 0.2) is 302 Å². The third kappa shape index (κ3) is 7.36. The third-order valence-corrected chi connectivity index (χ3v) is 18.8. The normalized spacial score (nSPS) is 13.1. The zero-order valence-electron chi connectivity index (χ0n) is 46.4. The highest BCUT2D eigenvalue weighted by Crippen LogP contribution is 2.53. The Morgan fingerprint density at radius 2 is 0.767 bits per heavy atom. The predicted octanol–water partition coefficient (Wildman–Crippen LogP) is 17.1. The molecule has 6 heterocycles. The molecule has 7 nitrogen and oxygen atoms in total. The maximum atomic E-state index is 7.76. The monoisotopic (exact) mass is 1120 g/mol. The molecule has 0 unspecified atom stereocenters. The van der Waals surface area contributed by atoms with Gasteiger partial charge in [-0.25, -0.2) is 0 Å². The highest BCUT2D eigenvalue weighted by Gasteiger charge is 2.51. The molecule has 4 aliphatic rings. The number of fused-ring (bicyclic) bond motifs is 12. The minimum Gasteiger partial charge on any atom is -0.468 e. The minimum atomic E-state index is -0.335. The summed E-state index contributed by atoms with van der Waals surface area (Å²) in [6.45, 7) is -0.533. The topological polar surface area (TPSA) is 38.6 Å². The summed E-state index contributed by atoms with van der Waals surface area (Å²) < 4.78 is 17.7. The zero-order valence-corrected chi connectivity index (χ0v) is 47.2. The van der Waals surface area contributed by atoms with Crippen molar-refractivity contribution in [2.45, 2.75) is 0 Å². The van der Waals surface area contributed by atoms with E-state index in [1.165, 1.54) is 20.6 Å². The van der Waals surface area contributed by atoms with Crippen molar-refractivity contribution in [3.05, 3.63) is 297 Å². The lowest BCUT2D eigenvalue weighted by Gasteiger charge is -2.44. The molecule has 14 aromatic rings. The lowest BCUT2D eigenvalue weighted by atomic mass is 9.32. The Kier molecular flexibility index (Phi) is 10.9. The maximum absolute atomic E-state index is 7.76. The zero-order chi connectivity index (χ0) is 56.4. The summed E-state index contributed by atoms with van der Waals surface area (Å²) in [6, 6.07) is 107. The molecule has 2 aromatic heterocycles. The fourth-order valence-corrected chi connectivity index (χ4v) is 15.4. The molecule has 0 N–H and O–H groups in total. The molecule has 0 atom stereocenters. The van der Waals surface area contributed by atoms with Gasteiger partial charge in [0.2, 0.25) is 0 Å². The van der Waals surface area contributed by atoms with Gasteiger partial charge in [-0.05, 0) is 143 Å². The summed E-state index contributed by atoms with van der Waals surface area (Å²) in [4.78, 5) is 12.2. The van der Waals surface area contributed by atoms with Gasteiger partial charge in [-0.3, -0.25) is 0 Å². The van der Waals surface area contributed by atoms with Gasteiger partial charge >= 0.3 is 0 Å². The van der Waals surface area contributed by atoms with Gasteiger partial charge in [0.25, 0.3) is 13.4 Å². The van der Waals surface area contributed by atoms with E-state index in [0.29, 0.717) is 0 Å². The van der Waals surface area contributed by atoms with Crippen LogP contribution in [0.5, 0.6) is 11.5 Å². The first-order valence-corrected chi connectivity index (χ1v) is 30.1. The van der Waals surface area contributed by atoms with Crippen molar-refractivity contribution in [2.24, 2.45) is 0 Å². The summed E-state index contributed by atoms with van der Waals surface area (Å²) in [5.41, 5.74) is 22.1. The van der Waals surface area contributed by atoms with Gasteiger partial charge in [-0.1, -0.05) is 164 Å². The molecule has 0 bridgehead atoms. The van der Waals surface area contributed by atoms with Gasteiger partial charge in [0.1, 0.15) is 17.1 Å². The van der Waals surface area contributed by atoms with Crippen LogP contribution in [0.2, 0.25) is 0 Å². The van der Waals surface area contributed by atoms with E-state index in [0.717, 1.165) is 130 Å². The molecule has 402 valence electrons. The van der Waals surface area contributed by atoms with E-state index in [2.05, 4.69) is 322 Å². The molecule has 12 aromatic carbocycles.